The Balaban J connectivity index is 2.38. The van der Waals surface area contributed by atoms with Gasteiger partial charge in [-0.05, 0) is 39.0 Å². The number of likely N-dealkylation sites (tertiary alicyclic amines) is 1. The van der Waals surface area contributed by atoms with Crippen LogP contribution >= 0.6 is 0 Å². The minimum Gasteiger partial charge on any atom is -0.357 e. The Morgan fingerprint density at radius 3 is 2.45 bits per heavy atom. The fourth-order valence-electron chi connectivity index (χ4n) is 2.67. The van der Waals surface area contributed by atoms with E-state index in [2.05, 4.69) is 36.4 Å². The lowest BCUT2D eigenvalue weighted by molar-refractivity contribution is -0.128. The first-order valence-corrected chi connectivity index (χ1v) is 8.85. The fraction of sp³-hybridized carbons (Fsp3) is 0.882. The molecule has 1 saturated heterocycles. The summed E-state index contributed by atoms with van der Waals surface area (Å²) >= 11 is 0. The van der Waals surface area contributed by atoms with Crippen LogP contribution in [0.15, 0.2) is 4.99 Å². The summed E-state index contributed by atoms with van der Waals surface area (Å²) in [5.41, 5.74) is 0. The van der Waals surface area contributed by atoms with Crippen LogP contribution in [0.1, 0.15) is 59.8 Å². The van der Waals surface area contributed by atoms with Crippen LogP contribution in [0.4, 0.5) is 0 Å². The zero-order chi connectivity index (χ0) is 16.4. The maximum atomic E-state index is 12.1. The predicted molar refractivity (Wildman–Crippen MR) is 93.1 cm³/mol. The van der Waals surface area contributed by atoms with Gasteiger partial charge in [-0.3, -0.25) is 4.79 Å². The first-order valence-electron chi connectivity index (χ1n) is 8.85. The van der Waals surface area contributed by atoms with E-state index in [1.807, 2.05) is 11.8 Å². The molecule has 1 unspecified atom stereocenters. The van der Waals surface area contributed by atoms with E-state index in [0.29, 0.717) is 6.04 Å². The Morgan fingerprint density at radius 1 is 1.18 bits per heavy atom. The maximum absolute atomic E-state index is 12.1. The van der Waals surface area contributed by atoms with Gasteiger partial charge in [-0.2, -0.15) is 0 Å². The number of aliphatic imine (C=N–C) groups is 1. The molecule has 1 rings (SSSR count). The molecule has 0 aromatic carbocycles. The second-order valence-electron chi connectivity index (χ2n) is 6.65. The van der Waals surface area contributed by atoms with Gasteiger partial charge in [0.15, 0.2) is 5.96 Å². The molecule has 1 fully saturated rings. The van der Waals surface area contributed by atoms with E-state index in [-0.39, 0.29) is 12.5 Å². The monoisotopic (exact) mass is 310 g/mol. The van der Waals surface area contributed by atoms with Crippen molar-refractivity contribution in [3.63, 3.8) is 0 Å². The third-order valence-electron chi connectivity index (χ3n) is 3.98. The third-order valence-corrected chi connectivity index (χ3v) is 3.98. The molecule has 5 nitrogen and oxygen atoms in total. The summed E-state index contributed by atoms with van der Waals surface area (Å²) in [5, 5.41) is 6.63. The van der Waals surface area contributed by atoms with Crippen LogP contribution in [-0.4, -0.2) is 49.0 Å². The molecule has 0 radical (unpaired) electrons. The molecule has 128 valence electrons. The van der Waals surface area contributed by atoms with Gasteiger partial charge in [0.2, 0.25) is 5.91 Å². The minimum atomic E-state index is 0.141. The summed E-state index contributed by atoms with van der Waals surface area (Å²) in [5.74, 6) is 1.65. The average Bonchev–Trinajstić information content (AvgIpc) is 2.98. The second kappa shape index (κ2) is 10.5. The Bertz CT molecular complexity index is 349. The number of nitrogens with zero attached hydrogens (tertiary/aromatic N) is 2. The standard InChI is InChI=1S/C17H34N4O/c1-5-18-17(20-15(4)10-8-9-14(2)3)19-13-16(22)21-11-6-7-12-21/h14-15H,5-13H2,1-4H3,(H2,18,19,20). The molecule has 0 bridgehead atoms. The molecule has 1 atom stereocenters. The van der Waals surface area contributed by atoms with E-state index in [0.717, 1.165) is 50.8 Å². The van der Waals surface area contributed by atoms with Gasteiger partial charge in [-0.15, -0.1) is 0 Å². The minimum absolute atomic E-state index is 0.141. The molecule has 0 aromatic heterocycles. The van der Waals surface area contributed by atoms with E-state index in [1.54, 1.807) is 0 Å². The highest BCUT2D eigenvalue weighted by Crippen LogP contribution is 2.08. The van der Waals surface area contributed by atoms with Crippen LogP contribution in [-0.2, 0) is 4.79 Å². The van der Waals surface area contributed by atoms with Crippen LogP contribution in [0.2, 0.25) is 0 Å². The number of rotatable bonds is 8. The van der Waals surface area contributed by atoms with Crippen LogP contribution in [0, 0.1) is 5.92 Å². The lowest BCUT2D eigenvalue weighted by atomic mass is 10.0. The second-order valence-corrected chi connectivity index (χ2v) is 6.65. The van der Waals surface area contributed by atoms with Crippen molar-refractivity contribution in [2.45, 2.75) is 65.8 Å². The molecule has 1 heterocycles. The van der Waals surface area contributed by atoms with E-state index in [9.17, 15) is 4.79 Å². The van der Waals surface area contributed by atoms with Gasteiger partial charge < -0.3 is 15.5 Å². The molecular weight excluding hydrogens is 276 g/mol. The highest BCUT2D eigenvalue weighted by Gasteiger charge is 2.17. The molecular formula is C17H34N4O. The van der Waals surface area contributed by atoms with E-state index in [4.69, 9.17) is 0 Å². The number of carbonyl (C=O) groups excluding carboxylic acids is 1. The van der Waals surface area contributed by atoms with Crippen molar-refractivity contribution in [1.82, 2.24) is 15.5 Å². The number of nitrogens with one attached hydrogen (secondary N) is 2. The first-order chi connectivity index (χ1) is 10.5. The van der Waals surface area contributed by atoms with Gasteiger partial charge in [0.1, 0.15) is 6.54 Å². The van der Waals surface area contributed by atoms with E-state index >= 15 is 0 Å². The lowest BCUT2D eigenvalue weighted by Crippen LogP contribution is -2.43. The van der Waals surface area contributed by atoms with Crippen LogP contribution in [0.5, 0.6) is 0 Å². The van der Waals surface area contributed by atoms with Crippen LogP contribution in [0.3, 0.4) is 0 Å². The zero-order valence-corrected chi connectivity index (χ0v) is 14.8. The number of carbonyl (C=O) groups is 1. The van der Waals surface area contributed by atoms with Crippen molar-refractivity contribution in [2.24, 2.45) is 10.9 Å². The van der Waals surface area contributed by atoms with Gasteiger partial charge in [0.25, 0.3) is 0 Å². The normalized spacial score (nSPS) is 17.0. The third kappa shape index (κ3) is 7.66. The highest BCUT2D eigenvalue weighted by atomic mass is 16.2. The van der Waals surface area contributed by atoms with Crippen LogP contribution < -0.4 is 10.6 Å². The van der Waals surface area contributed by atoms with Crippen molar-refractivity contribution in [1.29, 1.82) is 0 Å². The molecule has 0 saturated carbocycles. The highest BCUT2D eigenvalue weighted by molar-refractivity contribution is 5.85. The van der Waals surface area contributed by atoms with Gasteiger partial charge in [0, 0.05) is 25.7 Å². The fourth-order valence-corrected chi connectivity index (χ4v) is 2.67. The summed E-state index contributed by atoms with van der Waals surface area (Å²) in [7, 11) is 0. The SMILES string of the molecule is CCNC(=NCC(=O)N1CCCC1)NC(C)CCCC(C)C. The quantitative estimate of drug-likeness (QED) is 0.534. The molecule has 1 amide bonds. The molecule has 2 N–H and O–H groups in total. The molecule has 1 aliphatic heterocycles. The van der Waals surface area contributed by atoms with Gasteiger partial charge in [0.05, 0.1) is 0 Å². The Kier molecular flexibility index (Phi) is 8.94. The molecule has 0 aromatic rings. The predicted octanol–water partition coefficient (Wildman–Crippen LogP) is 2.38. The Hall–Kier alpha value is -1.26. The summed E-state index contributed by atoms with van der Waals surface area (Å²) in [4.78, 5) is 18.4. The molecule has 0 aliphatic carbocycles. The average molecular weight is 310 g/mol. The number of guanidine groups is 1. The van der Waals surface area contributed by atoms with Crippen molar-refractivity contribution < 1.29 is 4.79 Å². The van der Waals surface area contributed by atoms with E-state index < -0.39 is 0 Å². The van der Waals surface area contributed by atoms with Crippen molar-refractivity contribution in [3.8, 4) is 0 Å². The summed E-state index contributed by atoms with van der Waals surface area (Å²) in [6.07, 6.45) is 5.86. The van der Waals surface area contributed by atoms with E-state index in [1.165, 1.54) is 12.8 Å². The first kappa shape index (κ1) is 18.8. The number of hydrogen-bond acceptors (Lipinski definition) is 2. The number of hydrogen-bond donors (Lipinski definition) is 2. The van der Waals surface area contributed by atoms with Gasteiger partial charge in [-0.1, -0.05) is 26.7 Å². The van der Waals surface area contributed by atoms with Crippen LogP contribution in [0.25, 0.3) is 0 Å². The molecule has 0 spiro atoms. The molecule has 5 heteroatoms. The number of amides is 1. The van der Waals surface area contributed by atoms with Crippen molar-refractivity contribution in [2.75, 3.05) is 26.2 Å². The molecule has 1 aliphatic rings. The van der Waals surface area contributed by atoms with Crippen molar-refractivity contribution in [3.05, 3.63) is 0 Å². The Morgan fingerprint density at radius 2 is 1.86 bits per heavy atom. The summed E-state index contributed by atoms with van der Waals surface area (Å²) in [6.45, 7) is 11.6. The lowest BCUT2D eigenvalue weighted by Gasteiger charge is -2.19. The smallest absolute Gasteiger partial charge is 0.244 e. The topological polar surface area (TPSA) is 56.7 Å². The molecule has 22 heavy (non-hydrogen) atoms. The van der Waals surface area contributed by atoms with Gasteiger partial charge in [-0.25, -0.2) is 4.99 Å². The maximum Gasteiger partial charge on any atom is 0.244 e. The van der Waals surface area contributed by atoms with Crippen molar-refractivity contribution >= 4 is 11.9 Å². The van der Waals surface area contributed by atoms with Gasteiger partial charge >= 0.3 is 0 Å². The summed E-state index contributed by atoms with van der Waals surface area (Å²) in [6, 6.07) is 0.374. The summed E-state index contributed by atoms with van der Waals surface area (Å²) < 4.78 is 0. The zero-order valence-electron chi connectivity index (χ0n) is 14.8. The largest absolute Gasteiger partial charge is 0.357 e. The Labute approximate surface area is 135 Å².